The van der Waals surface area contributed by atoms with Crippen molar-refractivity contribution in [3.05, 3.63) is 0 Å². The Kier molecular flexibility index (Phi) is 9.60. The Morgan fingerprint density at radius 1 is 1.08 bits per heavy atom. The van der Waals surface area contributed by atoms with Crippen LogP contribution in [-0.2, 0) is 32.4 Å². The van der Waals surface area contributed by atoms with E-state index in [1.165, 1.54) is 21.3 Å². The van der Waals surface area contributed by atoms with Gasteiger partial charge in [0.25, 0.3) is 0 Å². The lowest BCUT2D eigenvalue weighted by atomic mass is 9.74. The van der Waals surface area contributed by atoms with Crippen molar-refractivity contribution in [3.8, 4) is 0 Å². The molecule has 0 N–H and O–H groups in total. The first-order valence-electron chi connectivity index (χ1n) is 7.85. The minimum absolute atomic E-state index is 0.0289. The second kappa shape index (κ2) is 9.82. The zero-order valence-electron chi connectivity index (χ0n) is 16.0. The molecule has 0 aliphatic rings. The van der Waals surface area contributed by atoms with Gasteiger partial charge in [0.2, 0.25) is 0 Å². The molecule has 0 heterocycles. The van der Waals surface area contributed by atoms with E-state index in [0.717, 1.165) is 0 Å². The van der Waals surface area contributed by atoms with Gasteiger partial charge < -0.3 is 18.2 Å². The van der Waals surface area contributed by atoms with Crippen LogP contribution in [0.25, 0.3) is 0 Å². The van der Waals surface area contributed by atoms with Crippen molar-refractivity contribution < 1.29 is 32.4 Å². The van der Waals surface area contributed by atoms with Gasteiger partial charge >= 0.3 is 13.6 Å². The highest BCUT2D eigenvalue weighted by atomic mass is 31.2. The van der Waals surface area contributed by atoms with E-state index in [2.05, 4.69) is 0 Å². The standard InChI is InChI=1S/C15H31O7PSi/c1-15(2,3)12(13(14(17)19-4)22-24(7)8)9-11(16)10-23(18,20-5)21-6/h12-13,24H,9-10H2,1-8H3. The van der Waals surface area contributed by atoms with E-state index in [-0.39, 0.29) is 23.8 Å². The first-order chi connectivity index (χ1) is 10.9. The van der Waals surface area contributed by atoms with Crippen molar-refractivity contribution in [1.29, 1.82) is 0 Å². The Labute approximate surface area is 146 Å². The molecule has 0 aliphatic heterocycles. The monoisotopic (exact) mass is 382 g/mol. The van der Waals surface area contributed by atoms with Gasteiger partial charge in [0.05, 0.1) is 7.11 Å². The minimum atomic E-state index is -3.43. The molecule has 0 radical (unpaired) electrons. The normalized spacial score (nSPS) is 15.2. The molecule has 2 atom stereocenters. The van der Waals surface area contributed by atoms with Crippen LogP contribution in [0.4, 0.5) is 0 Å². The summed E-state index contributed by atoms with van der Waals surface area (Å²) in [6.45, 7) is 9.68. The number of carbonyl (C=O) groups is 2. The Balaban J connectivity index is 5.42. The van der Waals surface area contributed by atoms with E-state index in [0.29, 0.717) is 0 Å². The van der Waals surface area contributed by atoms with Gasteiger partial charge in [0.1, 0.15) is 18.0 Å². The molecule has 7 nitrogen and oxygen atoms in total. The van der Waals surface area contributed by atoms with E-state index in [9.17, 15) is 14.2 Å². The van der Waals surface area contributed by atoms with E-state index in [1.807, 2.05) is 33.9 Å². The lowest BCUT2D eigenvalue weighted by Gasteiger charge is -2.36. The highest BCUT2D eigenvalue weighted by Gasteiger charge is 2.40. The number of methoxy groups -OCH3 is 1. The fourth-order valence-corrected chi connectivity index (χ4v) is 4.18. The lowest BCUT2D eigenvalue weighted by Crippen LogP contribution is -2.43. The summed E-state index contributed by atoms with van der Waals surface area (Å²) in [5.74, 6) is -1.20. The molecule has 0 bridgehead atoms. The molecule has 0 saturated heterocycles. The summed E-state index contributed by atoms with van der Waals surface area (Å²) in [4.78, 5) is 24.6. The van der Waals surface area contributed by atoms with Crippen molar-refractivity contribution in [1.82, 2.24) is 0 Å². The first-order valence-corrected chi connectivity index (χ1v) is 12.4. The van der Waals surface area contributed by atoms with Crippen LogP contribution < -0.4 is 0 Å². The third kappa shape index (κ3) is 7.57. The number of ether oxygens (including phenoxy) is 1. The summed E-state index contributed by atoms with van der Waals surface area (Å²) in [6.07, 6.45) is -1.13. The number of rotatable bonds is 10. The maximum atomic E-state index is 12.4. The predicted octanol–water partition coefficient (Wildman–Crippen LogP) is 2.64. The largest absolute Gasteiger partial charge is 0.467 e. The SMILES string of the molecule is COC(=O)C(O[SiH](C)C)C(CC(=O)CP(=O)(OC)OC)C(C)(C)C. The highest BCUT2D eigenvalue weighted by Crippen LogP contribution is 2.47. The van der Waals surface area contributed by atoms with Crippen LogP contribution in [0.1, 0.15) is 27.2 Å². The summed E-state index contributed by atoms with van der Waals surface area (Å²) < 4.78 is 32.5. The molecule has 0 aromatic heterocycles. The van der Waals surface area contributed by atoms with Gasteiger partial charge in [-0.2, -0.15) is 0 Å². The summed E-state index contributed by atoms with van der Waals surface area (Å²) in [6, 6.07) is 0. The van der Waals surface area contributed by atoms with Gasteiger partial charge in [-0.05, 0) is 18.5 Å². The van der Waals surface area contributed by atoms with Crippen LogP contribution in [0.5, 0.6) is 0 Å². The van der Waals surface area contributed by atoms with Crippen LogP contribution >= 0.6 is 7.60 Å². The zero-order valence-corrected chi connectivity index (χ0v) is 18.0. The molecule has 0 aromatic rings. The quantitative estimate of drug-likeness (QED) is 0.326. The zero-order chi connectivity index (χ0) is 19.1. The lowest BCUT2D eigenvalue weighted by molar-refractivity contribution is -0.154. The van der Waals surface area contributed by atoms with Crippen molar-refractivity contribution in [2.45, 2.75) is 46.4 Å². The van der Waals surface area contributed by atoms with E-state index in [4.69, 9.17) is 18.2 Å². The summed E-state index contributed by atoms with van der Waals surface area (Å²) in [5, 5.41) is 0. The van der Waals surface area contributed by atoms with Crippen LogP contribution in [0.3, 0.4) is 0 Å². The van der Waals surface area contributed by atoms with E-state index >= 15 is 0 Å². The molecule has 0 aromatic carbocycles. The molecule has 142 valence electrons. The van der Waals surface area contributed by atoms with Crippen LogP contribution in [0, 0.1) is 11.3 Å². The molecule has 0 spiro atoms. The van der Waals surface area contributed by atoms with Crippen LogP contribution in [-0.4, -0.2) is 54.4 Å². The molecule has 2 unspecified atom stereocenters. The molecule has 0 rings (SSSR count). The van der Waals surface area contributed by atoms with E-state index in [1.54, 1.807) is 0 Å². The number of carbonyl (C=O) groups excluding carboxylic acids is 2. The fourth-order valence-electron chi connectivity index (χ4n) is 2.32. The Hall–Kier alpha value is -0.533. The Morgan fingerprint density at radius 3 is 1.92 bits per heavy atom. The number of hydrogen-bond acceptors (Lipinski definition) is 7. The Morgan fingerprint density at radius 2 is 1.58 bits per heavy atom. The number of esters is 1. The van der Waals surface area contributed by atoms with Crippen molar-refractivity contribution >= 4 is 28.4 Å². The van der Waals surface area contributed by atoms with E-state index < -0.39 is 34.6 Å². The van der Waals surface area contributed by atoms with Crippen molar-refractivity contribution in [2.24, 2.45) is 11.3 Å². The fraction of sp³-hybridized carbons (Fsp3) is 0.867. The van der Waals surface area contributed by atoms with Gasteiger partial charge in [-0.3, -0.25) is 9.36 Å². The minimum Gasteiger partial charge on any atom is -0.467 e. The molecule has 0 fully saturated rings. The van der Waals surface area contributed by atoms with Gasteiger partial charge in [-0.25, -0.2) is 4.79 Å². The molecule has 0 saturated carbocycles. The molecular weight excluding hydrogens is 351 g/mol. The molecule has 0 amide bonds. The van der Waals surface area contributed by atoms with Gasteiger partial charge in [0, 0.05) is 26.6 Å². The summed E-state index contributed by atoms with van der Waals surface area (Å²) in [5.41, 5.74) is -0.387. The smallest absolute Gasteiger partial charge is 0.337 e. The van der Waals surface area contributed by atoms with Gasteiger partial charge in [-0.1, -0.05) is 20.8 Å². The number of Topliss-reactive ketones (excluding diaryl/α,β-unsaturated/α-hetero) is 1. The second-order valence-electron chi connectivity index (χ2n) is 6.98. The third-order valence-corrected chi connectivity index (χ3v) is 6.39. The first kappa shape index (κ1) is 23.5. The van der Waals surface area contributed by atoms with Crippen molar-refractivity contribution in [3.63, 3.8) is 0 Å². The second-order valence-corrected chi connectivity index (χ2v) is 11.6. The Bertz CT molecular complexity index is 465. The molecular formula is C15H31O7PSi. The van der Waals surface area contributed by atoms with Crippen LogP contribution in [0.15, 0.2) is 0 Å². The summed E-state index contributed by atoms with van der Waals surface area (Å²) >= 11 is 0. The number of hydrogen-bond donors (Lipinski definition) is 0. The molecule has 0 aliphatic carbocycles. The number of ketones is 1. The summed E-state index contributed by atoms with van der Waals surface area (Å²) in [7, 11) is -1.20. The van der Waals surface area contributed by atoms with Crippen molar-refractivity contribution in [2.75, 3.05) is 27.5 Å². The topological polar surface area (TPSA) is 88.1 Å². The highest BCUT2D eigenvalue weighted by molar-refractivity contribution is 7.54. The maximum absolute atomic E-state index is 12.4. The maximum Gasteiger partial charge on any atom is 0.337 e. The van der Waals surface area contributed by atoms with Gasteiger partial charge in [-0.15, -0.1) is 0 Å². The van der Waals surface area contributed by atoms with Crippen LogP contribution in [0.2, 0.25) is 13.1 Å². The average molecular weight is 382 g/mol. The third-order valence-electron chi connectivity index (χ3n) is 3.70. The predicted molar refractivity (Wildman–Crippen MR) is 94.8 cm³/mol. The van der Waals surface area contributed by atoms with Gasteiger partial charge in [0.15, 0.2) is 9.04 Å². The average Bonchev–Trinajstić information content (AvgIpc) is 2.48. The molecule has 24 heavy (non-hydrogen) atoms. The molecule has 9 heteroatoms.